The molecule has 0 spiro atoms. The zero-order valence-electron chi connectivity index (χ0n) is 42.9. The number of benzene rings is 5. The van der Waals surface area contributed by atoms with Gasteiger partial charge in [0.15, 0.2) is 0 Å². The first-order valence-corrected chi connectivity index (χ1v) is 27.6. The van der Waals surface area contributed by atoms with Crippen molar-refractivity contribution >= 4 is 59.2 Å². The first-order valence-electron chi connectivity index (χ1n) is 23.5. The van der Waals surface area contributed by atoms with Gasteiger partial charge in [-0.05, 0) is 73.2 Å². The van der Waals surface area contributed by atoms with Crippen molar-refractivity contribution in [2.75, 3.05) is 47.1 Å². The van der Waals surface area contributed by atoms with Gasteiger partial charge >= 0.3 is 38.6 Å². The minimum absolute atomic E-state index is 0.0139. The van der Waals surface area contributed by atoms with E-state index < -0.39 is 50.5 Å². The quantitative estimate of drug-likeness (QED) is 0.0198. The molecule has 6 atom stereocenters. The molecule has 0 fully saturated rings. The van der Waals surface area contributed by atoms with Crippen molar-refractivity contribution in [1.29, 1.82) is 0 Å². The van der Waals surface area contributed by atoms with Crippen molar-refractivity contribution in [2.24, 2.45) is 11.8 Å². The van der Waals surface area contributed by atoms with Crippen molar-refractivity contribution in [3.8, 4) is 33.8 Å². The Balaban J connectivity index is 0.000000293. The predicted molar refractivity (Wildman–Crippen MR) is 287 cm³/mol. The Morgan fingerprint density at radius 3 is 1.51 bits per heavy atom. The summed E-state index contributed by atoms with van der Waals surface area (Å²) in [5, 5.41) is 33.0. The number of carbonyl (C=O) groups is 3. The van der Waals surface area contributed by atoms with Gasteiger partial charge in [0.2, 0.25) is 5.60 Å². The first kappa shape index (κ1) is 60.9. The fraction of sp³-hybridized carbons (Fsp3) is 0.340. The molecule has 0 bridgehead atoms. The fourth-order valence-corrected chi connectivity index (χ4v) is 14.3. The van der Waals surface area contributed by atoms with Crippen molar-refractivity contribution in [3.05, 3.63) is 145 Å². The Hall–Kier alpha value is -5.64. The maximum absolute atomic E-state index is 15.0. The SMILES string of the molecule is C=C(C)C(=O)OC.CC(C)C(N(O)CCO)P1(=O)Oc2ccccc2-c2ccccc21.COC(=O)C(C)(CON(CCO)C(C(C)C)P1(=O)Oc2ccccc2-c2ccccc21)OC(=O)c1ccccc1.O=BP. The molecule has 7 rings (SSSR count). The van der Waals surface area contributed by atoms with Crippen LogP contribution in [0.3, 0.4) is 0 Å². The topological polar surface area (TPSA) is 225 Å². The molecule has 0 amide bonds. The van der Waals surface area contributed by atoms with Gasteiger partial charge in [0.25, 0.3) is 14.7 Å². The zero-order chi connectivity index (χ0) is 54.8. The van der Waals surface area contributed by atoms with Crippen molar-refractivity contribution in [1.82, 2.24) is 10.1 Å². The van der Waals surface area contributed by atoms with E-state index in [4.69, 9.17) is 28.1 Å². The van der Waals surface area contributed by atoms with Crippen LogP contribution in [0.5, 0.6) is 11.5 Å². The van der Waals surface area contributed by atoms with Crippen LogP contribution in [0.4, 0.5) is 0 Å². The number of hydrogen-bond donors (Lipinski definition) is 3. The molecule has 0 saturated carbocycles. The number of ether oxygens (including phenoxy) is 3. The molecule has 17 nitrogen and oxygen atoms in total. The van der Waals surface area contributed by atoms with Crippen LogP contribution in [0.1, 0.15) is 51.9 Å². The number of carbonyl (C=O) groups excluding carboxylic acids is 3. The summed E-state index contributed by atoms with van der Waals surface area (Å²) in [5.41, 5.74) is 2.22. The molecule has 74 heavy (non-hydrogen) atoms. The molecule has 396 valence electrons. The summed E-state index contributed by atoms with van der Waals surface area (Å²) < 4.78 is 64.8. The Morgan fingerprint density at radius 1 is 0.689 bits per heavy atom. The summed E-state index contributed by atoms with van der Waals surface area (Å²) in [6.45, 7) is 13.5. The summed E-state index contributed by atoms with van der Waals surface area (Å²) in [6.07, 6.45) is 0. The number of rotatable bonds is 17. The summed E-state index contributed by atoms with van der Waals surface area (Å²) >= 11 is 0. The Morgan fingerprint density at radius 2 is 1.11 bits per heavy atom. The molecule has 0 aromatic heterocycles. The molecule has 5 aromatic carbocycles. The van der Waals surface area contributed by atoms with Crippen molar-refractivity contribution < 1.29 is 71.7 Å². The number of nitrogens with zero attached hydrogens (tertiary/aromatic N) is 2. The van der Waals surface area contributed by atoms with E-state index in [0.717, 1.165) is 27.3 Å². The van der Waals surface area contributed by atoms with Gasteiger partial charge in [-0.1, -0.05) is 125 Å². The number of aliphatic hydroxyl groups excluding tert-OH is 2. The van der Waals surface area contributed by atoms with Crippen LogP contribution in [-0.2, 0) is 42.5 Å². The normalized spacial score (nSPS) is 17.3. The van der Waals surface area contributed by atoms with E-state index in [-0.39, 0.29) is 49.7 Å². The third-order valence-electron chi connectivity index (χ3n) is 11.4. The molecular formula is C53H66BN2O15P3. The van der Waals surface area contributed by atoms with E-state index in [0.29, 0.717) is 34.6 Å². The monoisotopic (exact) mass is 1070 g/mol. The van der Waals surface area contributed by atoms with Gasteiger partial charge in [-0.2, -0.15) is 10.1 Å². The third-order valence-corrected chi connectivity index (χ3v) is 17.6. The van der Waals surface area contributed by atoms with Gasteiger partial charge in [-0.25, -0.2) is 14.4 Å². The van der Waals surface area contributed by atoms with E-state index in [1.165, 1.54) is 26.2 Å². The second-order valence-electron chi connectivity index (χ2n) is 17.6. The van der Waals surface area contributed by atoms with E-state index >= 15 is 0 Å². The van der Waals surface area contributed by atoms with Crippen molar-refractivity contribution in [3.63, 3.8) is 0 Å². The van der Waals surface area contributed by atoms with Gasteiger partial charge < -0.3 is 38.7 Å². The number of fused-ring (bicyclic) bond motifs is 6. The summed E-state index contributed by atoms with van der Waals surface area (Å²) in [7, 11) is -2.72. The minimum atomic E-state index is -3.71. The van der Waals surface area contributed by atoms with Crippen LogP contribution in [0.2, 0.25) is 0 Å². The van der Waals surface area contributed by atoms with Gasteiger partial charge in [0.05, 0.1) is 43.6 Å². The Labute approximate surface area is 436 Å². The van der Waals surface area contributed by atoms with Gasteiger partial charge in [0, 0.05) is 29.8 Å². The molecule has 0 saturated heterocycles. The Bertz CT molecular complexity index is 2800. The fourth-order valence-electron chi connectivity index (χ4n) is 8.24. The van der Waals surface area contributed by atoms with E-state index in [1.807, 2.05) is 104 Å². The average Bonchev–Trinajstić information content (AvgIpc) is 3.38. The average molecular weight is 1070 g/mol. The number of hydroxylamine groups is 4. The number of aliphatic hydroxyl groups is 2. The molecule has 3 N–H and O–H groups in total. The molecule has 21 heteroatoms. The molecule has 5 aromatic rings. The van der Waals surface area contributed by atoms with E-state index in [1.54, 1.807) is 67.6 Å². The molecule has 2 heterocycles. The van der Waals surface area contributed by atoms with Crippen LogP contribution in [0.15, 0.2) is 140 Å². The van der Waals surface area contributed by atoms with E-state index in [9.17, 15) is 38.9 Å². The number of hydrogen-bond acceptors (Lipinski definition) is 17. The number of para-hydroxylation sites is 2. The van der Waals surface area contributed by atoms with Crippen LogP contribution >= 0.6 is 23.9 Å². The molecule has 0 radical (unpaired) electrons. The second-order valence-corrected chi connectivity index (χ2v) is 22.7. The Kier molecular flexibility index (Phi) is 23.3. The van der Waals surface area contributed by atoms with Gasteiger partial charge in [-0.15, -0.1) is 0 Å². The zero-order valence-corrected chi connectivity index (χ0v) is 45.8. The summed E-state index contributed by atoms with van der Waals surface area (Å²) in [6, 6.07) is 37.9. The molecule has 0 aliphatic carbocycles. The van der Waals surface area contributed by atoms with E-state index in [2.05, 4.69) is 11.3 Å². The third kappa shape index (κ3) is 14.6. The van der Waals surface area contributed by atoms with Crippen molar-refractivity contribution in [2.45, 2.75) is 58.7 Å². The molecule has 2 aliphatic heterocycles. The van der Waals surface area contributed by atoms with Crippen LogP contribution < -0.4 is 19.7 Å². The maximum atomic E-state index is 15.0. The number of methoxy groups -OCH3 is 2. The van der Waals surface area contributed by atoms with Gasteiger partial charge in [-0.3, -0.25) is 14.0 Å². The summed E-state index contributed by atoms with van der Waals surface area (Å²) in [5.74, 6) is -2.89. The molecule has 6 unspecified atom stereocenters. The predicted octanol–water partition coefficient (Wildman–Crippen LogP) is 8.52. The summed E-state index contributed by atoms with van der Waals surface area (Å²) in [4.78, 5) is 41.9. The second kappa shape index (κ2) is 28.3. The first-order chi connectivity index (χ1) is 35.2. The molecular weight excluding hydrogens is 1010 g/mol. The van der Waals surface area contributed by atoms with Gasteiger partial charge in [0.1, 0.15) is 29.7 Å². The number of esters is 3. The van der Waals surface area contributed by atoms with Crippen LogP contribution in [0, 0.1) is 11.8 Å². The van der Waals surface area contributed by atoms with Crippen LogP contribution in [0.25, 0.3) is 22.3 Å². The van der Waals surface area contributed by atoms with Crippen LogP contribution in [-0.4, -0.2) is 115 Å². The molecule has 2 aliphatic rings. The standard InChI is InChI=1S/C30H34NO8P.C18H22NO4P.C5H8O2.BH2OP/c1-21(2)27(40(35)26-17-11-9-15-24(26)23-14-8-10-16-25(23)39-40)31(18-19-32)37-20-30(3,29(34)36-4)38-28(33)22-12-6-5-7-13-22;1-13(2)18(19(21)11-12-20)24(22)17-10-6-4-8-15(17)14-7-3-5-9-16(14)23-24;1-4(2)5(6)7-3;2-1-3/h5-17,21,27,32H,18-20H2,1-4H3;3-10,13,18,20-21H,11-12H2,1-2H3;1H2,2-3H3;3H2.